The number of benzene rings is 1. The monoisotopic (exact) mass is 294 g/mol. The summed E-state index contributed by atoms with van der Waals surface area (Å²) in [5.41, 5.74) is 8.37. The van der Waals surface area contributed by atoms with Crippen LogP contribution >= 0.6 is 0 Å². The summed E-state index contributed by atoms with van der Waals surface area (Å²) in [7, 11) is -1.87. The molecule has 1 heterocycles. The highest BCUT2D eigenvalue weighted by molar-refractivity contribution is 7.89. The van der Waals surface area contributed by atoms with Crippen LogP contribution in [0.1, 0.15) is 16.7 Å². The summed E-state index contributed by atoms with van der Waals surface area (Å²) < 4.78 is 28.9. The third-order valence-corrected chi connectivity index (χ3v) is 4.71. The maximum Gasteiger partial charge on any atom is 0.243 e. The largest absolute Gasteiger partial charge is 0.397 e. The summed E-state index contributed by atoms with van der Waals surface area (Å²) >= 11 is 0. The minimum atomic E-state index is -3.65. The van der Waals surface area contributed by atoms with Gasteiger partial charge in [-0.15, -0.1) is 0 Å². The molecule has 0 atom stereocenters. The number of anilines is 1. The molecule has 0 saturated carbocycles. The van der Waals surface area contributed by atoms with E-state index in [1.165, 1.54) is 0 Å². The molecule has 0 radical (unpaired) electrons. The van der Waals surface area contributed by atoms with Crippen LogP contribution in [0.3, 0.4) is 0 Å². The van der Waals surface area contributed by atoms with Gasteiger partial charge in [-0.25, -0.2) is 13.1 Å². The third-order valence-electron chi connectivity index (χ3n) is 3.10. The quantitative estimate of drug-likeness (QED) is 0.826. The second kappa shape index (κ2) is 5.26. The summed E-state index contributed by atoms with van der Waals surface area (Å²) in [6.07, 6.45) is 3.38. The number of nitrogens with one attached hydrogen (secondary N) is 1. The predicted molar refractivity (Wildman–Crippen MR) is 77.6 cm³/mol. The van der Waals surface area contributed by atoms with Crippen molar-refractivity contribution in [3.63, 3.8) is 0 Å². The van der Waals surface area contributed by atoms with Crippen molar-refractivity contribution in [1.29, 1.82) is 0 Å². The fraction of sp³-hybridized carbons (Fsp3) is 0.308. The van der Waals surface area contributed by atoms with Gasteiger partial charge < -0.3 is 5.73 Å². The average molecular weight is 294 g/mol. The number of nitrogens with zero attached hydrogens (tertiary/aromatic N) is 2. The molecule has 0 aliphatic carbocycles. The van der Waals surface area contributed by atoms with Crippen LogP contribution in [0.25, 0.3) is 0 Å². The highest BCUT2D eigenvalue weighted by atomic mass is 32.2. The molecule has 0 unspecified atom stereocenters. The van der Waals surface area contributed by atoms with Gasteiger partial charge in [0.1, 0.15) is 4.90 Å². The lowest BCUT2D eigenvalue weighted by Gasteiger charge is -2.13. The fourth-order valence-corrected chi connectivity index (χ4v) is 3.42. The van der Waals surface area contributed by atoms with Crippen molar-refractivity contribution in [1.82, 2.24) is 14.5 Å². The number of rotatable bonds is 4. The van der Waals surface area contributed by atoms with Gasteiger partial charge >= 0.3 is 0 Å². The van der Waals surface area contributed by atoms with Crippen LogP contribution in [0.5, 0.6) is 0 Å². The molecule has 0 amide bonds. The minimum absolute atomic E-state index is 0.154. The highest BCUT2D eigenvalue weighted by Crippen LogP contribution is 2.25. The maximum absolute atomic E-state index is 12.4. The van der Waals surface area contributed by atoms with E-state index in [-0.39, 0.29) is 11.4 Å². The molecular formula is C13H18N4O2S. The number of aryl methyl sites for hydroxylation is 3. The highest BCUT2D eigenvalue weighted by Gasteiger charge is 2.21. The number of aromatic nitrogens is 2. The molecule has 0 fully saturated rings. The first-order chi connectivity index (χ1) is 9.31. The van der Waals surface area contributed by atoms with Crippen LogP contribution in [0, 0.1) is 13.8 Å². The van der Waals surface area contributed by atoms with Gasteiger partial charge in [-0.3, -0.25) is 4.68 Å². The molecule has 0 aliphatic rings. The lowest BCUT2D eigenvalue weighted by Crippen LogP contribution is -2.25. The van der Waals surface area contributed by atoms with Crippen LogP contribution in [-0.4, -0.2) is 18.2 Å². The first kappa shape index (κ1) is 14.5. The number of nitrogen functional groups attached to an aromatic ring is 1. The van der Waals surface area contributed by atoms with E-state index in [4.69, 9.17) is 5.73 Å². The maximum atomic E-state index is 12.4. The van der Waals surface area contributed by atoms with Gasteiger partial charge in [-0.2, -0.15) is 5.10 Å². The number of hydrogen-bond acceptors (Lipinski definition) is 4. The van der Waals surface area contributed by atoms with Gasteiger partial charge in [0.2, 0.25) is 10.0 Å². The molecule has 0 bridgehead atoms. The van der Waals surface area contributed by atoms with Gasteiger partial charge in [0.25, 0.3) is 0 Å². The van der Waals surface area contributed by atoms with Crippen molar-refractivity contribution in [2.24, 2.45) is 7.05 Å². The van der Waals surface area contributed by atoms with Gasteiger partial charge in [-0.1, -0.05) is 12.1 Å². The first-order valence-corrected chi connectivity index (χ1v) is 7.62. The molecule has 108 valence electrons. The summed E-state index contributed by atoms with van der Waals surface area (Å²) in [5.74, 6) is 0. The smallest absolute Gasteiger partial charge is 0.243 e. The first-order valence-electron chi connectivity index (χ1n) is 6.14. The zero-order valence-electron chi connectivity index (χ0n) is 11.7. The van der Waals surface area contributed by atoms with Gasteiger partial charge in [0, 0.05) is 25.4 Å². The zero-order chi connectivity index (χ0) is 14.9. The van der Waals surface area contributed by atoms with Crippen LogP contribution < -0.4 is 10.5 Å². The van der Waals surface area contributed by atoms with E-state index < -0.39 is 10.0 Å². The average Bonchev–Trinajstić information content (AvgIpc) is 2.78. The predicted octanol–water partition coefficient (Wildman–Crippen LogP) is 1.10. The van der Waals surface area contributed by atoms with Crippen molar-refractivity contribution >= 4 is 15.7 Å². The molecule has 0 spiro atoms. The topological polar surface area (TPSA) is 90.0 Å². The zero-order valence-corrected chi connectivity index (χ0v) is 12.5. The minimum Gasteiger partial charge on any atom is -0.397 e. The Morgan fingerprint density at radius 2 is 1.95 bits per heavy atom. The molecule has 3 N–H and O–H groups in total. The van der Waals surface area contributed by atoms with E-state index in [1.807, 2.05) is 6.07 Å². The fourth-order valence-electron chi connectivity index (χ4n) is 1.98. The van der Waals surface area contributed by atoms with E-state index in [0.29, 0.717) is 11.3 Å². The second-order valence-electron chi connectivity index (χ2n) is 4.79. The van der Waals surface area contributed by atoms with E-state index in [9.17, 15) is 8.42 Å². The standard InChI is InChI=1S/C13H18N4O2S/c1-9-4-5-10(2)13(12(9)14)20(18,19)16-7-11-6-15-17(3)8-11/h4-6,8,16H,7,14H2,1-3H3. The Hall–Kier alpha value is -1.86. The molecule has 1 aromatic carbocycles. The SMILES string of the molecule is Cc1ccc(C)c(S(=O)(=O)NCc2cnn(C)c2)c1N. The van der Waals surface area contributed by atoms with Gasteiger partial charge in [-0.05, 0) is 25.0 Å². The van der Waals surface area contributed by atoms with Crippen molar-refractivity contribution < 1.29 is 8.42 Å². The van der Waals surface area contributed by atoms with E-state index in [2.05, 4.69) is 9.82 Å². The van der Waals surface area contributed by atoms with Gasteiger partial charge in [0.15, 0.2) is 0 Å². The van der Waals surface area contributed by atoms with Crippen molar-refractivity contribution in [3.05, 3.63) is 41.2 Å². The normalized spacial score (nSPS) is 11.8. The Morgan fingerprint density at radius 3 is 2.55 bits per heavy atom. The van der Waals surface area contributed by atoms with Crippen LogP contribution in [0.4, 0.5) is 5.69 Å². The molecule has 1 aromatic heterocycles. The lowest BCUT2D eigenvalue weighted by atomic mass is 10.1. The molecule has 2 aromatic rings. The molecular weight excluding hydrogens is 276 g/mol. The summed E-state index contributed by atoms with van der Waals surface area (Å²) in [6.45, 7) is 3.70. The number of nitrogens with two attached hydrogens (primary N) is 1. The molecule has 20 heavy (non-hydrogen) atoms. The number of sulfonamides is 1. The summed E-state index contributed by atoms with van der Waals surface area (Å²) in [6, 6.07) is 3.56. The Morgan fingerprint density at radius 1 is 1.30 bits per heavy atom. The Bertz CT molecular complexity index is 735. The molecule has 2 rings (SSSR count). The Balaban J connectivity index is 2.29. The number of hydrogen-bond donors (Lipinski definition) is 2. The van der Waals surface area contributed by atoms with Crippen molar-refractivity contribution in [2.45, 2.75) is 25.3 Å². The second-order valence-corrected chi connectivity index (χ2v) is 6.49. The van der Waals surface area contributed by atoms with Crippen molar-refractivity contribution in [2.75, 3.05) is 5.73 Å². The van der Waals surface area contributed by atoms with E-state index in [1.54, 1.807) is 44.0 Å². The van der Waals surface area contributed by atoms with Gasteiger partial charge in [0.05, 0.1) is 11.9 Å². The third kappa shape index (κ3) is 2.83. The van der Waals surface area contributed by atoms with Crippen LogP contribution in [0.15, 0.2) is 29.4 Å². The van der Waals surface area contributed by atoms with Crippen molar-refractivity contribution in [3.8, 4) is 0 Å². The molecule has 6 nitrogen and oxygen atoms in total. The lowest BCUT2D eigenvalue weighted by molar-refractivity contribution is 0.581. The molecule has 7 heteroatoms. The van der Waals surface area contributed by atoms with Crippen LogP contribution in [-0.2, 0) is 23.6 Å². The Labute approximate surface area is 118 Å². The summed E-state index contributed by atoms with van der Waals surface area (Å²) in [4.78, 5) is 0.154. The van der Waals surface area contributed by atoms with Crippen LogP contribution in [0.2, 0.25) is 0 Å². The Kier molecular flexibility index (Phi) is 3.82. The summed E-state index contributed by atoms with van der Waals surface area (Å²) in [5, 5.41) is 4.00. The van der Waals surface area contributed by atoms with E-state index >= 15 is 0 Å². The molecule has 0 aliphatic heterocycles. The molecule has 0 saturated heterocycles. The van der Waals surface area contributed by atoms with E-state index in [0.717, 1.165) is 11.1 Å².